The highest BCUT2D eigenvalue weighted by Crippen LogP contribution is 2.49. The Labute approximate surface area is 168 Å². The maximum atomic E-state index is 13.3. The summed E-state index contributed by atoms with van der Waals surface area (Å²) in [4.78, 5) is 1.41. The molecule has 0 bridgehead atoms. The van der Waals surface area contributed by atoms with Crippen molar-refractivity contribution < 1.29 is 17.9 Å². The summed E-state index contributed by atoms with van der Waals surface area (Å²) in [7, 11) is 0. The van der Waals surface area contributed by atoms with Crippen LogP contribution in [-0.4, -0.2) is 26.3 Å². The Hall–Kier alpha value is -1.42. The fourth-order valence-electron chi connectivity index (χ4n) is 2.65. The summed E-state index contributed by atoms with van der Waals surface area (Å²) >= 11 is 4.72. The summed E-state index contributed by atoms with van der Waals surface area (Å²) in [5.74, 6) is 0. The summed E-state index contributed by atoms with van der Waals surface area (Å²) in [5.41, 5.74) is 6.64. The first-order valence-electron chi connectivity index (χ1n) is 8.40. The summed E-state index contributed by atoms with van der Waals surface area (Å²) in [6, 6.07) is 8.02. The maximum absolute atomic E-state index is 13.3. The Morgan fingerprint density at radius 3 is 2.70 bits per heavy atom. The molecule has 0 saturated heterocycles. The van der Waals surface area contributed by atoms with Crippen LogP contribution in [0.3, 0.4) is 0 Å². The van der Waals surface area contributed by atoms with Crippen molar-refractivity contribution in [2.24, 2.45) is 5.73 Å². The number of hydrogen-bond donors (Lipinski definition) is 3. The molecular weight excluding hydrogens is 443 g/mol. The molecule has 0 atom stereocenters. The molecule has 1 aliphatic rings. The number of fused-ring (bicyclic) bond motifs is 2. The van der Waals surface area contributed by atoms with Gasteiger partial charge in [-0.05, 0) is 36.8 Å². The van der Waals surface area contributed by atoms with Gasteiger partial charge >= 0.3 is 6.18 Å². The molecular formula is C18H19BrF3N3OS. The Bertz CT molecular complexity index is 817. The Morgan fingerprint density at radius 2 is 1.96 bits per heavy atom. The lowest BCUT2D eigenvalue weighted by Crippen LogP contribution is -2.14. The molecule has 0 radical (unpaired) electrons. The van der Waals surface area contributed by atoms with Gasteiger partial charge in [0.25, 0.3) is 0 Å². The second-order valence-electron chi connectivity index (χ2n) is 5.94. The van der Waals surface area contributed by atoms with Crippen LogP contribution in [0.2, 0.25) is 0 Å². The van der Waals surface area contributed by atoms with Crippen molar-refractivity contribution in [2.75, 3.05) is 36.9 Å². The van der Waals surface area contributed by atoms with Gasteiger partial charge in [0.1, 0.15) is 0 Å². The molecule has 0 amide bonds. The standard InChI is InChI=1S/C18H19BrF3N3OS/c19-12-2-3-13-15(10-12)27-16-9-11(18(20,21)22)8-14(17(16)25-13)24-5-1-6-26-7-4-23/h2-3,8-10,24-25H,1,4-7,23H2. The number of anilines is 3. The number of nitrogens with two attached hydrogens (primary N) is 1. The van der Waals surface area contributed by atoms with E-state index in [2.05, 4.69) is 26.6 Å². The third kappa shape index (κ3) is 5.10. The first kappa shape index (κ1) is 20.3. The van der Waals surface area contributed by atoms with Gasteiger partial charge in [0.2, 0.25) is 0 Å². The van der Waals surface area contributed by atoms with Crippen LogP contribution in [0.1, 0.15) is 12.0 Å². The van der Waals surface area contributed by atoms with Crippen molar-refractivity contribution in [3.63, 3.8) is 0 Å². The number of nitrogens with one attached hydrogen (secondary N) is 2. The van der Waals surface area contributed by atoms with Crippen molar-refractivity contribution in [3.05, 3.63) is 40.4 Å². The predicted molar refractivity (Wildman–Crippen MR) is 106 cm³/mol. The Morgan fingerprint density at radius 1 is 1.15 bits per heavy atom. The highest BCUT2D eigenvalue weighted by Gasteiger charge is 2.33. The number of rotatable bonds is 7. The molecule has 27 heavy (non-hydrogen) atoms. The van der Waals surface area contributed by atoms with E-state index in [4.69, 9.17) is 10.5 Å². The molecule has 0 spiro atoms. The van der Waals surface area contributed by atoms with Crippen LogP contribution in [0.15, 0.2) is 44.6 Å². The minimum absolute atomic E-state index is 0.430. The SMILES string of the molecule is NCCOCCCNc1cc(C(F)(F)F)cc2c1Nc1ccc(Br)cc1S2. The van der Waals surface area contributed by atoms with Crippen LogP contribution in [0.4, 0.5) is 30.2 Å². The van der Waals surface area contributed by atoms with Crippen molar-refractivity contribution in [2.45, 2.75) is 22.4 Å². The zero-order valence-electron chi connectivity index (χ0n) is 14.3. The van der Waals surface area contributed by atoms with E-state index in [1.54, 1.807) is 0 Å². The Kier molecular flexibility index (Phi) is 6.56. The maximum Gasteiger partial charge on any atom is 0.416 e. The molecule has 0 unspecified atom stereocenters. The van der Waals surface area contributed by atoms with Crippen LogP contribution in [-0.2, 0) is 10.9 Å². The molecule has 146 valence electrons. The topological polar surface area (TPSA) is 59.3 Å². The minimum atomic E-state index is -4.41. The first-order chi connectivity index (χ1) is 12.9. The average molecular weight is 462 g/mol. The summed E-state index contributed by atoms with van der Waals surface area (Å²) < 4.78 is 46.2. The van der Waals surface area contributed by atoms with Crippen LogP contribution >= 0.6 is 27.7 Å². The molecule has 0 fully saturated rings. The van der Waals surface area contributed by atoms with Gasteiger partial charge in [0, 0.05) is 34.0 Å². The highest BCUT2D eigenvalue weighted by atomic mass is 79.9. The minimum Gasteiger partial charge on any atom is -0.383 e. The second-order valence-corrected chi connectivity index (χ2v) is 7.94. The molecule has 1 aliphatic heterocycles. The molecule has 0 saturated carbocycles. The molecule has 2 aromatic carbocycles. The van der Waals surface area contributed by atoms with E-state index in [-0.39, 0.29) is 0 Å². The van der Waals surface area contributed by atoms with Crippen LogP contribution < -0.4 is 16.4 Å². The lowest BCUT2D eigenvalue weighted by Gasteiger charge is -2.25. The van der Waals surface area contributed by atoms with Gasteiger partial charge in [-0.15, -0.1) is 0 Å². The molecule has 2 aromatic rings. The van der Waals surface area contributed by atoms with Gasteiger partial charge in [0.15, 0.2) is 0 Å². The van der Waals surface area contributed by atoms with Gasteiger partial charge in [-0.3, -0.25) is 0 Å². The van der Waals surface area contributed by atoms with Crippen LogP contribution in [0.25, 0.3) is 0 Å². The summed E-state index contributed by atoms with van der Waals surface area (Å²) in [6.45, 7) is 1.93. The zero-order chi connectivity index (χ0) is 19.4. The number of hydrogen-bond acceptors (Lipinski definition) is 5. The lowest BCUT2D eigenvalue weighted by atomic mass is 10.1. The van der Waals surface area contributed by atoms with Crippen molar-refractivity contribution in [3.8, 4) is 0 Å². The van der Waals surface area contributed by atoms with E-state index in [1.165, 1.54) is 17.8 Å². The predicted octanol–water partition coefficient (Wildman–Crippen LogP) is 5.45. The van der Waals surface area contributed by atoms with E-state index in [0.29, 0.717) is 49.0 Å². The number of ether oxygens (including phenoxy) is 1. The first-order valence-corrected chi connectivity index (χ1v) is 10.0. The molecule has 0 aromatic heterocycles. The Balaban J connectivity index is 1.83. The fraction of sp³-hybridized carbons (Fsp3) is 0.333. The van der Waals surface area contributed by atoms with E-state index < -0.39 is 11.7 Å². The van der Waals surface area contributed by atoms with Crippen molar-refractivity contribution in [1.29, 1.82) is 0 Å². The van der Waals surface area contributed by atoms with Crippen molar-refractivity contribution in [1.82, 2.24) is 0 Å². The third-order valence-corrected chi connectivity index (χ3v) is 5.49. The number of benzene rings is 2. The monoisotopic (exact) mass is 461 g/mol. The molecule has 9 heteroatoms. The third-order valence-electron chi connectivity index (χ3n) is 3.90. The van der Waals surface area contributed by atoms with E-state index >= 15 is 0 Å². The van der Waals surface area contributed by atoms with Gasteiger partial charge in [-0.25, -0.2) is 0 Å². The number of halogens is 4. The smallest absolute Gasteiger partial charge is 0.383 e. The summed E-state index contributed by atoms with van der Waals surface area (Å²) in [6.07, 6.45) is -3.74. The summed E-state index contributed by atoms with van der Waals surface area (Å²) in [5, 5.41) is 6.36. The van der Waals surface area contributed by atoms with E-state index in [1.807, 2.05) is 18.2 Å². The second kappa shape index (κ2) is 8.72. The molecule has 1 heterocycles. The normalized spacial score (nSPS) is 12.9. The van der Waals surface area contributed by atoms with Gasteiger partial charge in [-0.1, -0.05) is 27.7 Å². The van der Waals surface area contributed by atoms with Gasteiger partial charge < -0.3 is 21.1 Å². The van der Waals surface area contributed by atoms with Gasteiger partial charge in [0.05, 0.1) is 29.2 Å². The van der Waals surface area contributed by atoms with Crippen LogP contribution in [0.5, 0.6) is 0 Å². The van der Waals surface area contributed by atoms with E-state index in [9.17, 15) is 13.2 Å². The zero-order valence-corrected chi connectivity index (χ0v) is 16.7. The quantitative estimate of drug-likeness (QED) is 0.408. The van der Waals surface area contributed by atoms with E-state index in [0.717, 1.165) is 21.1 Å². The molecule has 3 rings (SSSR count). The number of alkyl halides is 3. The average Bonchev–Trinajstić information content (AvgIpc) is 2.61. The van der Waals surface area contributed by atoms with Gasteiger partial charge in [-0.2, -0.15) is 13.2 Å². The van der Waals surface area contributed by atoms with Crippen molar-refractivity contribution >= 4 is 44.8 Å². The molecule has 0 aliphatic carbocycles. The largest absolute Gasteiger partial charge is 0.416 e. The lowest BCUT2D eigenvalue weighted by molar-refractivity contribution is -0.137. The molecule has 4 nitrogen and oxygen atoms in total. The molecule has 4 N–H and O–H groups in total. The fourth-order valence-corrected chi connectivity index (χ4v) is 4.26. The van der Waals surface area contributed by atoms with Crippen LogP contribution in [0, 0.1) is 0 Å². The highest BCUT2D eigenvalue weighted by molar-refractivity contribution is 9.10.